The van der Waals surface area contributed by atoms with Gasteiger partial charge < -0.3 is 10.2 Å². The monoisotopic (exact) mass is 338 g/mol. The third-order valence-corrected chi connectivity index (χ3v) is 4.02. The van der Waals surface area contributed by atoms with Gasteiger partial charge in [0.1, 0.15) is 0 Å². The maximum Gasteiger partial charge on any atom is 0.243 e. The number of hydrogen-bond donors (Lipinski definition) is 1. The average molecular weight is 338 g/mol. The molecule has 0 heterocycles. The first-order chi connectivity index (χ1) is 11.9. The quantitative estimate of drug-likeness (QED) is 0.836. The van der Waals surface area contributed by atoms with E-state index >= 15 is 0 Å². The van der Waals surface area contributed by atoms with Crippen molar-refractivity contribution in [1.29, 1.82) is 0 Å². The lowest BCUT2D eigenvalue weighted by Gasteiger charge is -2.20. The predicted octanol–water partition coefficient (Wildman–Crippen LogP) is 3.72. The normalized spacial score (nSPS) is 10.4. The van der Waals surface area contributed by atoms with Gasteiger partial charge in [-0.3, -0.25) is 9.59 Å². The van der Waals surface area contributed by atoms with Gasteiger partial charge in [-0.1, -0.05) is 36.4 Å². The number of carbonyl (C=O) groups excluding carboxylic acids is 2. The molecule has 1 N–H and O–H groups in total. The van der Waals surface area contributed by atoms with Crippen molar-refractivity contribution in [3.8, 4) is 0 Å². The zero-order valence-electron chi connectivity index (χ0n) is 15.2. The largest absolute Gasteiger partial charge is 0.334 e. The summed E-state index contributed by atoms with van der Waals surface area (Å²) >= 11 is 0. The Balaban J connectivity index is 1.87. The van der Waals surface area contributed by atoms with Crippen LogP contribution in [0.5, 0.6) is 0 Å². The Morgan fingerprint density at radius 1 is 1.00 bits per heavy atom. The topological polar surface area (TPSA) is 49.4 Å². The molecule has 2 aromatic rings. The van der Waals surface area contributed by atoms with E-state index in [-0.39, 0.29) is 18.4 Å². The number of amides is 2. The number of hydrogen-bond acceptors (Lipinski definition) is 2. The fourth-order valence-corrected chi connectivity index (χ4v) is 2.89. The molecule has 0 unspecified atom stereocenters. The van der Waals surface area contributed by atoms with Gasteiger partial charge in [-0.25, -0.2) is 0 Å². The van der Waals surface area contributed by atoms with Gasteiger partial charge in [0.2, 0.25) is 11.8 Å². The molecule has 0 saturated heterocycles. The second-order valence-corrected chi connectivity index (χ2v) is 6.45. The van der Waals surface area contributed by atoms with Gasteiger partial charge in [0.15, 0.2) is 0 Å². The zero-order valence-corrected chi connectivity index (χ0v) is 15.2. The van der Waals surface area contributed by atoms with E-state index < -0.39 is 0 Å². The summed E-state index contributed by atoms with van der Waals surface area (Å²) in [5.41, 5.74) is 4.21. The van der Waals surface area contributed by atoms with Crippen LogP contribution in [0.2, 0.25) is 0 Å². The van der Waals surface area contributed by atoms with Crippen LogP contribution in [0.15, 0.2) is 48.5 Å². The highest BCUT2D eigenvalue weighted by Gasteiger charge is 2.13. The van der Waals surface area contributed by atoms with Gasteiger partial charge in [0, 0.05) is 19.2 Å². The van der Waals surface area contributed by atoms with Gasteiger partial charge in [-0.05, 0) is 55.5 Å². The fraction of sp³-hybridized carbons (Fsp3) is 0.333. The molecule has 0 atom stereocenters. The number of nitrogens with zero attached hydrogens (tertiary/aromatic N) is 1. The average Bonchev–Trinajstić information content (AvgIpc) is 2.53. The predicted molar refractivity (Wildman–Crippen MR) is 102 cm³/mol. The van der Waals surface area contributed by atoms with Crippen molar-refractivity contribution in [2.45, 2.75) is 33.6 Å². The summed E-state index contributed by atoms with van der Waals surface area (Å²) in [6.07, 6.45) is 1.73. The van der Waals surface area contributed by atoms with Crippen molar-refractivity contribution < 1.29 is 9.59 Å². The van der Waals surface area contributed by atoms with E-state index in [4.69, 9.17) is 0 Å². The molecule has 0 spiro atoms. The highest BCUT2D eigenvalue weighted by molar-refractivity contribution is 5.94. The number of anilines is 1. The van der Waals surface area contributed by atoms with Crippen LogP contribution in [0.25, 0.3) is 0 Å². The lowest BCUT2D eigenvalue weighted by atomic mass is 10.1. The van der Waals surface area contributed by atoms with E-state index in [0.29, 0.717) is 6.54 Å². The van der Waals surface area contributed by atoms with E-state index in [1.807, 2.05) is 44.2 Å². The van der Waals surface area contributed by atoms with Crippen LogP contribution >= 0.6 is 0 Å². The molecule has 2 aromatic carbocycles. The summed E-state index contributed by atoms with van der Waals surface area (Å²) in [5.74, 6) is -0.247. The van der Waals surface area contributed by atoms with Crippen molar-refractivity contribution in [3.05, 3.63) is 65.2 Å². The van der Waals surface area contributed by atoms with Gasteiger partial charge in [-0.2, -0.15) is 0 Å². The molecule has 0 bridgehead atoms. The molecular formula is C21H26N2O2. The summed E-state index contributed by atoms with van der Waals surface area (Å²) in [7, 11) is 0. The van der Waals surface area contributed by atoms with Crippen LogP contribution < -0.4 is 5.32 Å². The van der Waals surface area contributed by atoms with E-state index in [2.05, 4.69) is 23.5 Å². The number of carbonyl (C=O) groups is 2. The van der Waals surface area contributed by atoms with E-state index in [1.54, 1.807) is 4.90 Å². The van der Waals surface area contributed by atoms with Gasteiger partial charge in [0.05, 0.1) is 6.54 Å². The van der Waals surface area contributed by atoms with Crippen LogP contribution in [0.1, 0.15) is 30.0 Å². The number of rotatable bonds is 7. The first kappa shape index (κ1) is 18.7. The Kier molecular flexibility index (Phi) is 6.75. The van der Waals surface area contributed by atoms with Gasteiger partial charge in [0.25, 0.3) is 0 Å². The van der Waals surface area contributed by atoms with Crippen molar-refractivity contribution in [3.63, 3.8) is 0 Å². The second-order valence-electron chi connectivity index (χ2n) is 6.45. The van der Waals surface area contributed by atoms with Crippen LogP contribution in [0.3, 0.4) is 0 Å². The highest BCUT2D eigenvalue weighted by Crippen LogP contribution is 2.13. The first-order valence-electron chi connectivity index (χ1n) is 8.61. The molecule has 2 rings (SSSR count). The minimum Gasteiger partial charge on any atom is -0.334 e. The van der Waals surface area contributed by atoms with Crippen LogP contribution in [0.4, 0.5) is 5.69 Å². The fourth-order valence-electron chi connectivity index (χ4n) is 2.89. The van der Waals surface area contributed by atoms with Crippen molar-refractivity contribution in [1.82, 2.24) is 4.90 Å². The van der Waals surface area contributed by atoms with Crippen LogP contribution in [0, 0.1) is 13.8 Å². The van der Waals surface area contributed by atoms with Gasteiger partial charge in [-0.15, -0.1) is 0 Å². The maximum atomic E-state index is 12.3. The van der Waals surface area contributed by atoms with E-state index in [1.165, 1.54) is 12.5 Å². The molecule has 25 heavy (non-hydrogen) atoms. The SMILES string of the molecule is CC(=O)N(CCCc1ccccc1)CC(=O)Nc1cc(C)cc(C)c1. The third kappa shape index (κ3) is 6.42. The second kappa shape index (κ2) is 9.02. The summed E-state index contributed by atoms with van der Waals surface area (Å²) in [5, 5.41) is 2.88. The Bertz CT molecular complexity index is 706. The minimum absolute atomic E-state index is 0.0800. The van der Waals surface area contributed by atoms with Gasteiger partial charge >= 0.3 is 0 Å². The summed E-state index contributed by atoms with van der Waals surface area (Å²) in [6, 6.07) is 16.1. The molecule has 0 aliphatic heterocycles. The highest BCUT2D eigenvalue weighted by atomic mass is 16.2. The van der Waals surface area contributed by atoms with Crippen LogP contribution in [-0.2, 0) is 16.0 Å². The zero-order chi connectivity index (χ0) is 18.2. The lowest BCUT2D eigenvalue weighted by Crippen LogP contribution is -2.37. The van der Waals surface area contributed by atoms with E-state index in [0.717, 1.165) is 29.7 Å². The molecule has 0 aliphatic carbocycles. The summed E-state index contributed by atoms with van der Waals surface area (Å²) in [6.45, 7) is 6.15. The first-order valence-corrected chi connectivity index (χ1v) is 8.61. The number of aryl methyl sites for hydroxylation is 3. The molecule has 0 saturated carbocycles. The molecule has 0 aliphatic rings. The minimum atomic E-state index is -0.167. The van der Waals surface area contributed by atoms with Crippen LogP contribution in [-0.4, -0.2) is 29.8 Å². The lowest BCUT2D eigenvalue weighted by molar-refractivity contribution is -0.132. The van der Waals surface area contributed by atoms with Crippen molar-refractivity contribution in [2.75, 3.05) is 18.4 Å². The Hall–Kier alpha value is -2.62. The standard InChI is InChI=1S/C21H26N2O2/c1-16-12-17(2)14-20(13-16)22-21(25)15-23(18(3)24)11-7-10-19-8-5-4-6-9-19/h4-6,8-9,12-14H,7,10-11,15H2,1-3H3,(H,22,25). The Morgan fingerprint density at radius 3 is 2.24 bits per heavy atom. The molecule has 132 valence electrons. The molecular weight excluding hydrogens is 312 g/mol. The Morgan fingerprint density at radius 2 is 1.64 bits per heavy atom. The maximum absolute atomic E-state index is 12.3. The third-order valence-electron chi connectivity index (χ3n) is 4.02. The smallest absolute Gasteiger partial charge is 0.243 e. The molecule has 4 nitrogen and oxygen atoms in total. The molecule has 0 radical (unpaired) electrons. The summed E-state index contributed by atoms with van der Waals surface area (Å²) in [4.78, 5) is 25.7. The molecule has 4 heteroatoms. The van der Waals surface area contributed by atoms with E-state index in [9.17, 15) is 9.59 Å². The van der Waals surface area contributed by atoms with Crippen molar-refractivity contribution >= 4 is 17.5 Å². The summed E-state index contributed by atoms with van der Waals surface area (Å²) < 4.78 is 0. The number of nitrogens with one attached hydrogen (secondary N) is 1. The Labute approximate surface area is 149 Å². The number of benzene rings is 2. The van der Waals surface area contributed by atoms with Crippen molar-refractivity contribution in [2.24, 2.45) is 0 Å². The molecule has 0 aromatic heterocycles. The molecule has 0 fully saturated rings. The molecule has 2 amide bonds.